The summed E-state index contributed by atoms with van der Waals surface area (Å²) in [5, 5.41) is 4.32. The molecule has 2 saturated carbocycles. The minimum Gasteiger partial charge on any atom is -0.494 e. The first-order valence-electron chi connectivity index (χ1n) is 19.3. The van der Waals surface area contributed by atoms with E-state index in [1.54, 1.807) is 69.4 Å². The maximum Gasteiger partial charge on any atom is 0.338 e. The smallest absolute Gasteiger partial charge is 0.338 e. The van der Waals surface area contributed by atoms with Crippen molar-refractivity contribution in [1.29, 1.82) is 0 Å². The van der Waals surface area contributed by atoms with Gasteiger partial charge in [-0.05, 0) is 94.8 Å². The van der Waals surface area contributed by atoms with E-state index in [1.165, 1.54) is 18.1 Å². The SMILES string of the molecule is C=C[C@@H]1C[C@@]1(C(=O)NS(=O)(=O)C1CC1)N(C(=O)[C@H](Nc1ccc(C(=O)OC(C)(C)C)cc1)C(C)(C)C)C(=O)N1C[C@H](Oc2ncc(OC)c3ccc(Cl)cc23)CC1C. The molecular weight excluding hydrogens is 786 g/mol. The number of ether oxygens (including phenoxy) is 3. The Morgan fingerprint density at radius 2 is 1.72 bits per heavy atom. The minimum absolute atomic E-state index is 0.0217. The summed E-state index contributed by atoms with van der Waals surface area (Å²) in [5.41, 5.74) is -2.68. The lowest BCUT2D eigenvalue weighted by atomic mass is 9.85. The Labute approximate surface area is 344 Å². The predicted octanol–water partition coefficient (Wildman–Crippen LogP) is 6.72. The summed E-state index contributed by atoms with van der Waals surface area (Å²) in [6.45, 7) is 16.4. The number of nitrogens with zero attached hydrogens (tertiary/aromatic N) is 3. The fourth-order valence-corrected chi connectivity index (χ4v) is 8.87. The average molecular weight is 838 g/mol. The summed E-state index contributed by atoms with van der Waals surface area (Å²) in [4.78, 5) is 64.3. The number of amides is 4. The molecule has 0 radical (unpaired) electrons. The van der Waals surface area contributed by atoms with Crippen LogP contribution in [0.4, 0.5) is 10.5 Å². The van der Waals surface area contributed by atoms with E-state index >= 15 is 9.59 Å². The van der Waals surface area contributed by atoms with Gasteiger partial charge in [-0.25, -0.2) is 27.9 Å². The Hall–Kier alpha value is -4.89. The highest BCUT2D eigenvalue weighted by atomic mass is 35.5. The molecule has 4 amide bonds. The molecule has 58 heavy (non-hydrogen) atoms. The van der Waals surface area contributed by atoms with E-state index in [-0.39, 0.29) is 18.8 Å². The van der Waals surface area contributed by atoms with Crippen molar-refractivity contribution in [3.8, 4) is 11.6 Å². The number of likely N-dealkylation sites (tertiary alicyclic amines) is 1. The highest BCUT2D eigenvalue weighted by Gasteiger charge is 2.68. The molecular formula is C42H52ClN5O9S. The molecule has 2 heterocycles. The third-order valence-electron chi connectivity index (χ3n) is 10.7. The van der Waals surface area contributed by atoms with Crippen LogP contribution in [-0.4, -0.2) is 95.2 Å². The van der Waals surface area contributed by atoms with Gasteiger partial charge in [0.25, 0.3) is 11.8 Å². The van der Waals surface area contributed by atoms with Crippen LogP contribution in [0.25, 0.3) is 10.8 Å². The van der Waals surface area contributed by atoms with Gasteiger partial charge < -0.3 is 24.4 Å². The van der Waals surface area contributed by atoms with Gasteiger partial charge >= 0.3 is 12.0 Å². The van der Waals surface area contributed by atoms with Crippen LogP contribution in [-0.2, 0) is 24.3 Å². The minimum atomic E-state index is -4.06. The second-order valence-electron chi connectivity index (χ2n) is 17.4. The lowest BCUT2D eigenvalue weighted by Crippen LogP contribution is -2.64. The maximum absolute atomic E-state index is 15.2. The van der Waals surface area contributed by atoms with Crippen LogP contribution in [0.3, 0.4) is 0 Å². The van der Waals surface area contributed by atoms with Crippen LogP contribution >= 0.6 is 11.6 Å². The molecule has 2 aromatic carbocycles. The van der Waals surface area contributed by atoms with Crippen molar-refractivity contribution >= 4 is 61.9 Å². The number of carbonyl (C=O) groups is 4. The molecule has 3 aliphatic rings. The molecule has 2 N–H and O–H groups in total. The lowest BCUT2D eigenvalue weighted by molar-refractivity contribution is -0.141. The zero-order valence-electron chi connectivity index (χ0n) is 34.1. The Morgan fingerprint density at radius 3 is 2.29 bits per heavy atom. The first-order chi connectivity index (χ1) is 27.1. The number of benzene rings is 2. The first kappa shape index (κ1) is 42.7. The third-order valence-corrected chi connectivity index (χ3v) is 12.7. The molecule has 0 bridgehead atoms. The normalized spacial score (nSPS) is 22.4. The number of anilines is 1. The maximum atomic E-state index is 15.2. The van der Waals surface area contributed by atoms with Crippen molar-refractivity contribution in [2.24, 2.45) is 11.3 Å². The fourth-order valence-electron chi connectivity index (χ4n) is 7.34. The van der Waals surface area contributed by atoms with Crippen molar-refractivity contribution in [3.63, 3.8) is 0 Å². The number of hydrogen-bond acceptors (Lipinski definition) is 11. The van der Waals surface area contributed by atoms with Gasteiger partial charge in [-0.15, -0.1) is 6.58 Å². The summed E-state index contributed by atoms with van der Waals surface area (Å²) < 4.78 is 45.9. The number of nitrogens with one attached hydrogen (secondary N) is 2. The van der Waals surface area contributed by atoms with Gasteiger partial charge in [-0.2, -0.15) is 0 Å². The van der Waals surface area contributed by atoms with Gasteiger partial charge in [0.1, 0.15) is 29.0 Å². The zero-order valence-corrected chi connectivity index (χ0v) is 35.7. The summed E-state index contributed by atoms with van der Waals surface area (Å²) in [6, 6.07) is 9.26. The van der Waals surface area contributed by atoms with Gasteiger partial charge in [0, 0.05) is 39.9 Å². The first-order valence-corrected chi connectivity index (χ1v) is 21.2. The highest BCUT2D eigenvalue weighted by molar-refractivity contribution is 7.91. The molecule has 3 fully saturated rings. The van der Waals surface area contributed by atoms with Gasteiger partial charge in [0.2, 0.25) is 15.9 Å². The Kier molecular flexibility index (Phi) is 11.6. The molecule has 2 aliphatic carbocycles. The molecule has 1 aromatic heterocycles. The van der Waals surface area contributed by atoms with E-state index < -0.39 is 79.7 Å². The number of fused-ring (bicyclic) bond motifs is 1. The second kappa shape index (κ2) is 15.7. The number of urea groups is 1. The standard InChI is InChI=1S/C42H52ClN5O9S/c1-10-26-21-42(26,38(51)46-58(53,54)30-16-17-30)48(36(49)34(40(3,4)5)45-28-14-11-25(12-15-28)37(50)57-41(6,7)8)39(52)47-23-29(19-24(47)2)56-35-32-20-27(43)13-18-31(32)33(55-9)22-44-35/h10-15,18,20,22,24,26,29-30,34,45H,1,16-17,19,21,23H2,2-9H3,(H,46,51)/t24?,26-,29-,34+,42-/m1/s1. The van der Waals surface area contributed by atoms with E-state index in [2.05, 4.69) is 21.6 Å². The molecule has 1 aliphatic heterocycles. The Balaban J connectivity index is 1.34. The van der Waals surface area contributed by atoms with Crippen molar-refractivity contribution in [2.75, 3.05) is 19.0 Å². The molecule has 3 aromatic rings. The Bertz CT molecular complexity index is 2230. The van der Waals surface area contributed by atoms with Crippen LogP contribution in [0.2, 0.25) is 5.02 Å². The van der Waals surface area contributed by atoms with Crippen LogP contribution in [0.5, 0.6) is 11.6 Å². The number of imide groups is 1. The highest BCUT2D eigenvalue weighted by Crippen LogP contribution is 2.52. The van der Waals surface area contributed by atoms with E-state index in [9.17, 15) is 18.0 Å². The van der Waals surface area contributed by atoms with E-state index in [4.69, 9.17) is 25.8 Å². The summed E-state index contributed by atoms with van der Waals surface area (Å²) in [6.07, 6.45) is 3.58. The van der Waals surface area contributed by atoms with Crippen LogP contribution in [0.15, 0.2) is 61.3 Å². The largest absolute Gasteiger partial charge is 0.494 e. The van der Waals surface area contributed by atoms with Gasteiger partial charge in [0.15, 0.2) is 0 Å². The van der Waals surface area contributed by atoms with Crippen LogP contribution in [0.1, 0.15) is 84.5 Å². The predicted molar refractivity (Wildman–Crippen MR) is 220 cm³/mol. The average Bonchev–Trinajstić information content (AvgIpc) is 4.07. The summed E-state index contributed by atoms with van der Waals surface area (Å²) in [5.74, 6) is -2.15. The van der Waals surface area contributed by atoms with Crippen molar-refractivity contribution < 1.29 is 41.8 Å². The third kappa shape index (κ3) is 8.75. The number of hydrogen-bond donors (Lipinski definition) is 2. The van der Waals surface area contributed by atoms with Crippen molar-refractivity contribution in [3.05, 3.63) is 71.9 Å². The number of methoxy groups -OCH3 is 1. The van der Waals surface area contributed by atoms with E-state index in [0.29, 0.717) is 46.7 Å². The number of sulfonamides is 1. The monoisotopic (exact) mass is 837 g/mol. The zero-order chi connectivity index (χ0) is 42.5. The van der Waals surface area contributed by atoms with Crippen molar-refractivity contribution in [2.45, 2.75) is 109 Å². The quantitative estimate of drug-likeness (QED) is 0.146. The van der Waals surface area contributed by atoms with E-state index in [0.717, 1.165) is 10.3 Å². The molecule has 5 atom stereocenters. The number of rotatable bonds is 12. The summed E-state index contributed by atoms with van der Waals surface area (Å²) >= 11 is 6.35. The molecule has 6 rings (SSSR count). The van der Waals surface area contributed by atoms with Gasteiger partial charge in [-0.3, -0.25) is 14.3 Å². The molecule has 0 spiro atoms. The fraction of sp³-hybridized carbons (Fsp3) is 0.500. The number of pyridine rings is 1. The van der Waals surface area contributed by atoms with Gasteiger partial charge in [0.05, 0.1) is 30.7 Å². The molecule has 1 saturated heterocycles. The van der Waals surface area contributed by atoms with Crippen LogP contribution < -0.4 is 19.5 Å². The molecule has 312 valence electrons. The topological polar surface area (TPSA) is 174 Å². The second-order valence-corrected chi connectivity index (χ2v) is 19.8. The summed E-state index contributed by atoms with van der Waals surface area (Å²) in [7, 11) is -2.52. The van der Waals surface area contributed by atoms with E-state index in [1.807, 2.05) is 27.7 Å². The lowest BCUT2D eigenvalue weighted by Gasteiger charge is -2.40. The van der Waals surface area contributed by atoms with Crippen LogP contribution in [0, 0.1) is 11.3 Å². The number of halogens is 1. The number of esters is 1. The van der Waals surface area contributed by atoms with Gasteiger partial charge in [-0.1, -0.05) is 38.4 Å². The molecule has 1 unspecified atom stereocenters. The molecule has 14 nitrogen and oxygen atoms in total. The molecule has 16 heteroatoms. The Morgan fingerprint density at radius 1 is 1.05 bits per heavy atom. The number of carbonyl (C=O) groups excluding carboxylic acids is 4. The van der Waals surface area contributed by atoms with Crippen molar-refractivity contribution in [1.82, 2.24) is 19.5 Å². The number of aromatic nitrogens is 1.